The minimum atomic E-state index is -1.04. The van der Waals surface area contributed by atoms with Crippen molar-refractivity contribution in [2.75, 3.05) is 14.2 Å². The molecule has 1 aliphatic rings. The maximum absolute atomic E-state index is 12.4. The quantitative estimate of drug-likeness (QED) is 0.388. The zero-order chi connectivity index (χ0) is 22.7. The topological polar surface area (TPSA) is 105 Å². The first kappa shape index (κ1) is 22.3. The predicted molar refractivity (Wildman–Crippen MR) is 117 cm³/mol. The molecule has 0 atom stereocenters. The Kier molecular flexibility index (Phi) is 6.57. The number of carboxylic acids is 1. The molecule has 0 bridgehead atoms. The Labute approximate surface area is 188 Å². The molecule has 160 valence electrons. The van der Waals surface area contributed by atoms with Crippen LogP contribution in [-0.2, 0) is 16.2 Å². The van der Waals surface area contributed by atoms with Crippen molar-refractivity contribution in [2.24, 2.45) is 0 Å². The molecular formula is C21H17ClN2O6S. The summed E-state index contributed by atoms with van der Waals surface area (Å²) in [6, 6.07) is 9.40. The number of carboxylic acid groups (broad SMARTS) is 1. The highest BCUT2D eigenvalue weighted by molar-refractivity contribution is 7.80. The molecule has 1 fully saturated rings. The summed E-state index contributed by atoms with van der Waals surface area (Å²) in [7, 11) is 2.88. The third kappa shape index (κ3) is 4.84. The molecule has 10 heteroatoms. The second-order valence-corrected chi connectivity index (χ2v) is 7.30. The first-order chi connectivity index (χ1) is 14.7. The number of nitrogens with one attached hydrogen (secondary N) is 1. The van der Waals surface area contributed by atoms with E-state index in [0.29, 0.717) is 11.1 Å². The lowest BCUT2D eigenvalue weighted by molar-refractivity contribution is -0.128. The number of aromatic carboxylic acids is 1. The number of ether oxygens (including phenoxy) is 2. The number of benzene rings is 2. The Bertz CT molecular complexity index is 1130. The standard InChI is InChI=1S/C21H17ClN2O6S/c1-24-19(26)14(18(25)23-21(24)31)7-12-8-15(22)17(16(9-12)29-2)30-10-11-4-3-5-13(6-11)20(27)28/h3-9H,10H2,1-2H3,(H,27,28)(H,23,25,31)/b14-7+. The highest BCUT2D eigenvalue weighted by atomic mass is 35.5. The normalized spacial score (nSPS) is 15.1. The Balaban J connectivity index is 1.88. The number of amides is 2. The van der Waals surface area contributed by atoms with E-state index in [4.69, 9.17) is 38.4 Å². The van der Waals surface area contributed by atoms with E-state index in [9.17, 15) is 14.4 Å². The van der Waals surface area contributed by atoms with E-state index in [1.165, 1.54) is 38.4 Å². The zero-order valence-corrected chi connectivity index (χ0v) is 18.0. The number of carbonyl (C=O) groups excluding carboxylic acids is 2. The Morgan fingerprint density at radius 2 is 2.03 bits per heavy atom. The molecule has 0 unspecified atom stereocenters. The van der Waals surface area contributed by atoms with E-state index in [-0.39, 0.29) is 39.4 Å². The molecule has 0 aromatic heterocycles. The maximum Gasteiger partial charge on any atom is 0.335 e. The number of nitrogens with zero attached hydrogens (tertiary/aromatic N) is 1. The highest BCUT2D eigenvalue weighted by Gasteiger charge is 2.30. The van der Waals surface area contributed by atoms with Crippen LogP contribution < -0.4 is 14.8 Å². The van der Waals surface area contributed by atoms with Gasteiger partial charge in [0.05, 0.1) is 17.7 Å². The van der Waals surface area contributed by atoms with Crippen LogP contribution in [0.3, 0.4) is 0 Å². The fourth-order valence-corrected chi connectivity index (χ4v) is 3.27. The van der Waals surface area contributed by atoms with Gasteiger partial charge in [0.1, 0.15) is 12.2 Å². The molecule has 8 nitrogen and oxygen atoms in total. The lowest BCUT2D eigenvalue weighted by atomic mass is 10.1. The summed E-state index contributed by atoms with van der Waals surface area (Å²) >= 11 is 11.3. The molecule has 2 aromatic carbocycles. The molecule has 0 radical (unpaired) electrons. The summed E-state index contributed by atoms with van der Waals surface area (Å²) in [6.45, 7) is 0.0563. The monoisotopic (exact) mass is 460 g/mol. The third-order valence-corrected chi connectivity index (χ3v) is 5.08. The zero-order valence-electron chi connectivity index (χ0n) is 16.5. The molecule has 2 N–H and O–H groups in total. The van der Waals surface area contributed by atoms with Gasteiger partial charge in [-0.05, 0) is 53.7 Å². The molecule has 1 saturated heterocycles. The van der Waals surface area contributed by atoms with Crippen molar-refractivity contribution in [3.63, 3.8) is 0 Å². The average molecular weight is 461 g/mol. The third-order valence-electron chi connectivity index (χ3n) is 4.42. The van der Waals surface area contributed by atoms with E-state index in [2.05, 4.69) is 5.32 Å². The summed E-state index contributed by atoms with van der Waals surface area (Å²) < 4.78 is 11.1. The van der Waals surface area contributed by atoms with Crippen molar-refractivity contribution in [1.29, 1.82) is 0 Å². The van der Waals surface area contributed by atoms with E-state index in [1.807, 2.05) is 0 Å². The Morgan fingerprint density at radius 3 is 2.71 bits per heavy atom. The van der Waals surface area contributed by atoms with Crippen LogP contribution in [0, 0.1) is 0 Å². The number of carbonyl (C=O) groups is 3. The van der Waals surface area contributed by atoms with Crippen molar-refractivity contribution in [3.05, 3.63) is 63.7 Å². The number of methoxy groups -OCH3 is 1. The van der Waals surface area contributed by atoms with Crippen LogP contribution in [0.5, 0.6) is 11.5 Å². The molecule has 3 rings (SSSR count). The van der Waals surface area contributed by atoms with Gasteiger partial charge in [-0.2, -0.15) is 0 Å². The molecule has 0 spiro atoms. The maximum atomic E-state index is 12.4. The minimum Gasteiger partial charge on any atom is -0.493 e. The summed E-state index contributed by atoms with van der Waals surface area (Å²) in [4.78, 5) is 36.8. The average Bonchev–Trinajstić information content (AvgIpc) is 2.74. The van der Waals surface area contributed by atoms with Crippen LogP contribution in [0.25, 0.3) is 6.08 Å². The van der Waals surface area contributed by atoms with Crippen molar-refractivity contribution in [1.82, 2.24) is 10.2 Å². The van der Waals surface area contributed by atoms with Gasteiger partial charge >= 0.3 is 5.97 Å². The molecule has 2 aromatic rings. The van der Waals surface area contributed by atoms with E-state index in [0.717, 1.165) is 4.90 Å². The van der Waals surface area contributed by atoms with Gasteiger partial charge in [0.15, 0.2) is 16.6 Å². The second kappa shape index (κ2) is 9.15. The number of rotatable bonds is 6. The summed E-state index contributed by atoms with van der Waals surface area (Å²) in [5.41, 5.74) is 1.11. The van der Waals surface area contributed by atoms with Gasteiger partial charge in [-0.25, -0.2) is 4.79 Å². The van der Waals surface area contributed by atoms with Crippen molar-refractivity contribution in [2.45, 2.75) is 6.61 Å². The number of hydrogen-bond acceptors (Lipinski definition) is 6. The fraction of sp³-hybridized carbons (Fsp3) is 0.143. The van der Waals surface area contributed by atoms with E-state index < -0.39 is 17.8 Å². The minimum absolute atomic E-state index is 0.0264. The summed E-state index contributed by atoms with van der Waals surface area (Å²) in [5, 5.41) is 11.8. The molecule has 1 heterocycles. The molecule has 0 aliphatic carbocycles. The molecule has 1 aliphatic heterocycles. The van der Waals surface area contributed by atoms with E-state index >= 15 is 0 Å². The molecule has 2 amide bonds. The molecule has 31 heavy (non-hydrogen) atoms. The van der Waals surface area contributed by atoms with Crippen LogP contribution in [0.2, 0.25) is 5.02 Å². The predicted octanol–water partition coefficient (Wildman–Crippen LogP) is 2.88. The number of thiocarbonyl (C=S) groups is 1. The van der Waals surface area contributed by atoms with Crippen LogP contribution in [-0.4, -0.2) is 47.1 Å². The van der Waals surface area contributed by atoms with E-state index in [1.54, 1.807) is 18.2 Å². The van der Waals surface area contributed by atoms with Crippen LogP contribution in [0.4, 0.5) is 0 Å². The van der Waals surface area contributed by atoms with Crippen LogP contribution >= 0.6 is 23.8 Å². The first-order valence-electron chi connectivity index (χ1n) is 8.89. The SMILES string of the molecule is COc1cc(/C=C2\C(=O)NC(=S)N(C)C2=O)cc(Cl)c1OCc1cccc(C(=O)O)c1. The second-order valence-electron chi connectivity index (χ2n) is 6.51. The van der Waals surface area contributed by atoms with Crippen molar-refractivity contribution < 1.29 is 29.0 Å². The summed E-state index contributed by atoms with van der Waals surface area (Å²) in [6.07, 6.45) is 1.38. The Hall–Kier alpha value is -3.43. The van der Waals surface area contributed by atoms with Crippen LogP contribution in [0.15, 0.2) is 42.0 Å². The fourth-order valence-electron chi connectivity index (χ4n) is 2.83. The van der Waals surface area contributed by atoms with Gasteiger partial charge in [-0.15, -0.1) is 0 Å². The molecule has 0 saturated carbocycles. The van der Waals surface area contributed by atoms with Gasteiger partial charge in [0.25, 0.3) is 11.8 Å². The summed E-state index contributed by atoms with van der Waals surface area (Å²) in [5.74, 6) is -1.67. The van der Waals surface area contributed by atoms with Gasteiger partial charge < -0.3 is 14.6 Å². The number of hydrogen-bond donors (Lipinski definition) is 2. The van der Waals surface area contributed by atoms with Gasteiger partial charge in [-0.1, -0.05) is 23.7 Å². The van der Waals surface area contributed by atoms with Crippen LogP contribution in [0.1, 0.15) is 21.5 Å². The van der Waals surface area contributed by atoms with Gasteiger partial charge in [0, 0.05) is 7.05 Å². The largest absolute Gasteiger partial charge is 0.493 e. The Morgan fingerprint density at radius 1 is 1.29 bits per heavy atom. The van der Waals surface area contributed by atoms with Gasteiger partial charge in [0.2, 0.25) is 0 Å². The van der Waals surface area contributed by atoms with Crippen molar-refractivity contribution >= 4 is 52.8 Å². The smallest absolute Gasteiger partial charge is 0.335 e. The highest BCUT2D eigenvalue weighted by Crippen LogP contribution is 2.37. The first-order valence-corrected chi connectivity index (χ1v) is 9.67. The molecular weight excluding hydrogens is 444 g/mol. The number of halogens is 1. The van der Waals surface area contributed by atoms with Crippen molar-refractivity contribution in [3.8, 4) is 11.5 Å². The lowest BCUT2D eigenvalue weighted by Gasteiger charge is -2.25. The number of likely N-dealkylation sites (N-methyl/N-ethyl adjacent to an activating group) is 1. The van der Waals surface area contributed by atoms with Gasteiger partial charge in [-0.3, -0.25) is 19.8 Å². The lowest BCUT2D eigenvalue weighted by Crippen LogP contribution is -2.52.